The molecule has 0 radical (unpaired) electrons. The number of hydrogen-bond acceptors (Lipinski definition) is 6. The Kier molecular flexibility index (Phi) is 5.13. The number of nitrogens with zero attached hydrogens (tertiary/aromatic N) is 5. The molecule has 0 spiro atoms. The lowest BCUT2D eigenvalue weighted by Crippen LogP contribution is -2.28. The molecule has 0 aliphatic carbocycles. The van der Waals surface area contributed by atoms with Crippen LogP contribution in [0.15, 0.2) is 36.9 Å². The number of carbonyl (C=O) groups is 1. The molecule has 3 aromatic rings. The van der Waals surface area contributed by atoms with Crippen LogP contribution in [-0.2, 0) is 11.3 Å². The topological polar surface area (TPSA) is 82.4 Å². The largest absolute Gasteiger partial charge is 0.495 e. The average Bonchev–Trinajstić information content (AvgIpc) is 3.28. The summed E-state index contributed by atoms with van der Waals surface area (Å²) in [4.78, 5) is 23.1. The van der Waals surface area contributed by atoms with Crippen LogP contribution in [0.5, 0.6) is 5.75 Å². The minimum atomic E-state index is -4.43. The highest BCUT2D eigenvalue weighted by Crippen LogP contribution is 2.39. The minimum Gasteiger partial charge on any atom is -0.495 e. The summed E-state index contributed by atoms with van der Waals surface area (Å²) in [7, 11) is 2.93. The fourth-order valence-electron chi connectivity index (χ4n) is 3.54. The van der Waals surface area contributed by atoms with Crippen LogP contribution in [0.25, 0.3) is 11.3 Å². The third-order valence-corrected chi connectivity index (χ3v) is 4.85. The SMILES string of the molecule is COc1cncc(-c2cc(C)c3c(n2)[C@H](OC)N(c2cnn(CC(F)(F)F)c2)C3=O)c1. The van der Waals surface area contributed by atoms with E-state index in [0.717, 1.165) is 10.9 Å². The third-order valence-electron chi connectivity index (χ3n) is 4.85. The smallest absolute Gasteiger partial charge is 0.408 e. The number of ether oxygens (including phenoxy) is 2. The molecule has 0 bridgehead atoms. The van der Waals surface area contributed by atoms with E-state index in [1.165, 1.54) is 25.3 Å². The molecule has 4 heterocycles. The predicted molar refractivity (Wildman–Crippen MR) is 104 cm³/mol. The molecule has 1 aliphatic rings. The number of halogens is 3. The van der Waals surface area contributed by atoms with Gasteiger partial charge in [0.25, 0.3) is 5.91 Å². The fourth-order valence-corrected chi connectivity index (χ4v) is 3.54. The fraction of sp³-hybridized carbons (Fsp3) is 0.300. The van der Waals surface area contributed by atoms with Gasteiger partial charge in [-0.1, -0.05) is 0 Å². The maximum atomic E-state index is 13.1. The van der Waals surface area contributed by atoms with Gasteiger partial charge in [0.15, 0.2) is 6.23 Å². The first kappa shape index (κ1) is 20.8. The number of hydrogen-bond donors (Lipinski definition) is 0. The summed E-state index contributed by atoms with van der Waals surface area (Å²) in [5.41, 5.74) is 2.79. The molecule has 31 heavy (non-hydrogen) atoms. The number of pyridine rings is 2. The molecule has 4 rings (SSSR count). The summed E-state index contributed by atoms with van der Waals surface area (Å²) >= 11 is 0. The molecule has 0 saturated carbocycles. The van der Waals surface area contributed by atoms with Crippen molar-refractivity contribution in [1.82, 2.24) is 19.7 Å². The van der Waals surface area contributed by atoms with Crippen molar-refractivity contribution >= 4 is 11.6 Å². The van der Waals surface area contributed by atoms with Crippen LogP contribution in [-0.4, -0.2) is 46.1 Å². The van der Waals surface area contributed by atoms with Gasteiger partial charge in [-0.15, -0.1) is 0 Å². The van der Waals surface area contributed by atoms with Crippen molar-refractivity contribution in [2.45, 2.75) is 25.9 Å². The number of carbonyl (C=O) groups excluding carboxylic acids is 1. The summed E-state index contributed by atoms with van der Waals surface area (Å²) in [6, 6.07) is 3.51. The maximum Gasteiger partial charge on any atom is 0.408 e. The predicted octanol–water partition coefficient (Wildman–Crippen LogP) is 3.52. The standard InChI is InChI=1S/C20H18F3N5O3/c1-11-4-15(12-5-14(30-2)8-24-6-12)26-17-16(11)18(29)28(19(17)31-3)13-7-25-27(9-13)10-20(21,22)23/h4-9,19H,10H2,1-3H3/t19-/m0/s1. The lowest BCUT2D eigenvalue weighted by atomic mass is 10.0. The number of amides is 1. The zero-order chi connectivity index (χ0) is 22.3. The molecule has 0 N–H and O–H groups in total. The summed E-state index contributed by atoms with van der Waals surface area (Å²) in [5.74, 6) is 0.129. The van der Waals surface area contributed by atoms with Crippen LogP contribution in [0.4, 0.5) is 18.9 Å². The second-order valence-electron chi connectivity index (χ2n) is 6.97. The number of anilines is 1. The van der Waals surface area contributed by atoms with Crippen molar-refractivity contribution in [3.05, 3.63) is 53.7 Å². The zero-order valence-electron chi connectivity index (χ0n) is 16.8. The molecule has 1 atom stereocenters. The Bertz CT molecular complexity index is 1150. The van der Waals surface area contributed by atoms with Crippen molar-refractivity contribution in [3.63, 3.8) is 0 Å². The monoisotopic (exact) mass is 433 g/mol. The van der Waals surface area contributed by atoms with Crippen molar-refractivity contribution in [3.8, 4) is 17.0 Å². The van der Waals surface area contributed by atoms with Crippen molar-refractivity contribution in [1.29, 1.82) is 0 Å². The van der Waals surface area contributed by atoms with Crippen LogP contribution in [0.1, 0.15) is 27.8 Å². The lowest BCUT2D eigenvalue weighted by molar-refractivity contribution is -0.142. The van der Waals surface area contributed by atoms with E-state index in [0.29, 0.717) is 33.8 Å². The van der Waals surface area contributed by atoms with E-state index in [2.05, 4.69) is 15.1 Å². The van der Waals surface area contributed by atoms with Gasteiger partial charge in [-0.2, -0.15) is 18.3 Å². The highest BCUT2D eigenvalue weighted by atomic mass is 19.4. The number of methoxy groups -OCH3 is 2. The van der Waals surface area contributed by atoms with E-state index >= 15 is 0 Å². The Balaban J connectivity index is 1.75. The van der Waals surface area contributed by atoms with Crippen molar-refractivity contribution in [2.24, 2.45) is 0 Å². The lowest BCUT2D eigenvalue weighted by Gasteiger charge is -2.21. The van der Waals surface area contributed by atoms with Gasteiger partial charge in [0.1, 0.15) is 18.0 Å². The van der Waals surface area contributed by atoms with Crippen LogP contribution in [0, 0.1) is 6.92 Å². The van der Waals surface area contributed by atoms with Gasteiger partial charge in [-0.3, -0.25) is 19.4 Å². The van der Waals surface area contributed by atoms with Crippen molar-refractivity contribution in [2.75, 3.05) is 19.1 Å². The third kappa shape index (κ3) is 3.83. The first-order valence-electron chi connectivity index (χ1n) is 9.18. The number of aromatic nitrogens is 4. The quantitative estimate of drug-likeness (QED) is 0.612. The molecule has 0 fully saturated rings. The van der Waals surface area contributed by atoms with Gasteiger partial charge in [-0.05, 0) is 24.6 Å². The van der Waals surface area contributed by atoms with Crippen LogP contribution in [0.3, 0.4) is 0 Å². The Labute approximate surface area is 175 Å². The van der Waals surface area contributed by atoms with Gasteiger partial charge in [0.05, 0.1) is 36.4 Å². The zero-order valence-corrected chi connectivity index (χ0v) is 16.8. The minimum absolute atomic E-state index is 0.183. The molecule has 1 aliphatic heterocycles. The first-order chi connectivity index (χ1) is 14.7. The van der Waals surface area contributed by atoms with Gasteiger partial charge in [0.2, 0.25) is 0 Å². The highest BCUT2D eigenvalue weighted by molar-refractivity contribution is 6.11. The van der Waals surface area contributed by atoms with Crippen LogP contribution in [0.2, 0.25) is 0 Å². The summed E-state index contributed by atoms with van der Waals surface area (Å²) in [5, 5.41) is 3.72. The molecule has 8 nitrogen and oxygen atoms in total. The van der Waals surface area contributed by atoms with E-state index in [1.54, 1.807) is 31.5 Å². The van der Waals surface area contributed by atoms with E-state index < -0.39 is 24.9 Å². The Morgan fingerprint density at radius 2 is 1.94 bits per heavy atom. The molecule has 0 unspecified atom stereocenters. The van der Waals surface area contributed by atoms with Gasteiger partial charge in [0, 0.05) is 25.1 Å². The molecule has 3 aromatic heterocycles. The number of rotatable bonds is 5. The second kappa shape index (κ2) is 7.65. The number of alkyl halides is 3. The number of aryl methyl sites for hydroxylation is 1. The maximum absolute atomic E-state index is 13.1. The normalized spacial score (nSPS) is 16.0. The molecule has 162 valence electrons. The Hall–Kier alpha value is -3.47. The van der Waals surface area contributed by atoms with Crippen LogP contribution >= 0.6 is 0 Å². The molecule has 11 heteroatoms. The van der Waals surface area contributed by atoms with E-state index in [9.17, 15) is 18.0 Å². The summed E-state index contributed by atoms with van der Waals surface area (Å²) in [6.07, 6.45) is 0.192. The number of fused-ring (bicyclic) bond motifs is 1. The average molecular weight is 433 g/mol. The van der Waals surface area contributed by atoms with E-state index in [1.807, 2.05) is 0 Å². The molecular formula is C20H18F3N5O3. The van der Waals surface area contributed by atoms with Gasteiger partial charge in [-0.25, -0.2) is 4.98 Å². The molecule has 1 amide bonds. The van der Waals surface area contributed by atoms with Gasteiger partial charge >= 0.3 is 6.18 Å². The summed E-state index contributed by atoms with van der Waals surface area (Å²) < 4.78 is 49.5. The molecule has 0 aromatic carbocycles. The Morgan fingerprint density at radius 1 is 1.16 bits per heavy atom. The Morgan fingerprint density at radius 3 is 2.61 bits per heavy atom. The first-order valence-corrected chi connectivity index (χ1v) is 9.18. The van der Waals surface area contributed by atoms with Gasteiger partial charge < -0.3 is 9.47 Å². The molecule has 0 saturated heterocycles. The van der Waals surface area contributed by atoms with E-state index in [-0.39, 0.29) is 5.69 Å². The van der Waals surface area contributed by atoms with Crippen LogP contribution < -0.4 is 9.64 Å². The molecular weight excluding hydrogens is 415 g/mol. The highest BCUT2D eigenvalue weighted by Gasteiger charge is 2.42. The summed E-state index contributed by atoms with van der Waals surface area (Å²) in [6.45, 7) is 0.503. The second-order valence-corrected chi connectivity index (χ2v) is 6.97. The van der Waals surface area contributed by atoms with Crippen molar-refractivity contribution < 1.29 is 27.4 Å². The van der Waals surface area contributed by atoms with E-state index in [4.69, 9.17) is 9.47 Å².